The van der Waals surface area contributed by atoms with E-state index in [0.29, 0.717) is 37.4 Å². The van der Waals surface area contributed by atoms with Gasteiger partial charge in [0.05, 0.1) is 17.8 Å². The van der Waals surface area contributed by atoms with E-state index in [1.807, 2.05) is 4.90 Å². The number of aliphatic hydroxyl groups excluding tert-OH is 1. The number of rotatable bonds is 5. The lowest BCUT2D eigenvalue weighted by molar-refractivity contribution is -0.138. The average molecular weight is 391 g/mol. The van der Waals surface area contributed by atoms with Gasteiger partial charge in [0.15, 0.2) is 0 Å². The van der Waals surface area contributed by atoms with Crippen LogP contribution in [0.4, 0.5) is 10.1 Å². The zero-order chi connectivity index (χ0) is 20.3. The number of hydrogen-bond acceptors (Lipinski definition) is 6. The SMILES string of the molecule is CC(=O)NC[C@H]1C=C(c2ccc(N3CCN(C(=O)CO)CC3)c(F)c2)C(=O)O1. The first kappa shape index (κ1) is 19.8. The van der Waals surface area contributed by atoms with Gasteiger partial charge in [-0.2, -0.15) is 0 Å². The normalized spacial score (nSPS) is 19.3. The minimum Gasteiger partial charge on any atom is -0.453 e. The summed E-state index contributed by atoms with van der Waals surface area (Å²) in [5.41, 5.74) is 1.06. The molecule has 3 rings (SSSR count). The fourth-order valence-electron chi connectivity index (χ4n) is 3.28. The molecule has 0 saturated carbocycles. The maximum Gasteiger partial charge on any atom is 0.339 e. The van der Waals surface area contributed by atoms with Crippen LogP contribution in [0.3, 0.4) is 0 Å². The van der Waals surface area contributed by atoms with Crippen molar-refractivity contribution in [2.75, 3.05) is 44.2 Å². The molecule has 1 atom stereocenters. The van der Waals surface area contributed by atoms with Crippen LogP contribution in [0.2, 0.25) is 0 Å². The van der Waals surface area contributed by atoms with E-state index in [9.17, 15) is 18.8 Å². The third kappa shape index (κ3) is 4.30. The number of carbonyl (C=O) groups excluding carboxylic acids is 3. The van der Waals surface area contributed by atoms with E-state index in [0.717, 1.165) is 0 Å². The predicted molar refractivity (Wildman–Crippen MR) is 98.8 cm³/mol. The highest BCUT2D eigenvalue weighted by molar-refractivity contribution is 6.18. The molecule has 9 heteroatoms. The Kier molecular flexibility index (Phi) is 5.93. The van der Waals surface area contributed by atoms with E-state index in [-0.39, 0.29) is 23.9 Å². The van der Waals surface area contributed by atoms with Crippen LogP contribution < -0.4 is 10.2 Å². The van der Waals surface area contributed by atoms with Crippen molar-refractivity contribution in [3.8, 4) is 0 Å². The smallest absolute Gasteiger partial charge is 0.339 e. The van der Waals surface area contributed by atoms with Crippen LogP contribution in [0.1, 0.15) is 12.5 Å². The lowest BCUT2D eigenvalue weighted by Gasteiger charge is -2.36. The molecular weight excluding hydrogens is 369 g/mol. The van der Waals surface area contributed by atoms with Crippen molar-refractivity contribution < 1.29 is 28.6 Å². The molecule has 2 aliphatic rings. The standard InChI is InChI=1S/C19H22FN3O5/c1-12(25)21-10-14-9-15(19(27)28-14)13-2-3-17(16(20)8-13)22-4-6-23(7-5-22)18(26)11-24/h2-3,8-9,14,24H,4-7,10-11H2,1H3,(H,21,25)/t14-/m1/s1. The largest absolute Gasteiger partial charge is 0.453 e. The number of esters is 1. The summed E-state index contributed by atoms with van der Waals surface area (Å²) in [5.74, 6) is -1.60. The van der Waals surface area contributed by atoms with Gasteiger partial charge in [0.25, 0.3) is 0 Å². The Morgan fingerprint density at radius 3 is 2.61 bits per heavy atom. The first-order valence-corrected chi connectivity index (χ1v) is 8.99. The molecule has 0 aromatic heterocycles. The predicted octanol–water partition coefficient (Wildman–Crippen LogP) is -0.0885. The van der Waals surface area contributed by atoms with Crippen LogP contribution in [-0.4, -0.2) is 73.2 Å². The van der Waals surface area contributed by atoms with E-state index in [4.69, 9.17) is 9.84 Å². The maximum atomic E-state index is 14.7. The number of hydrogen-bond donors (Lipinski definition) is 2. The van der Waals surface area contributed by atoms with Crippen molar-refractivity contribution in [2.24, 2.45) is 0 Å². The molecule has 0 unspecified atom stereocenters. The molecule has 0 bridgehead atoms. The molecule has 2 aliphatic heterocycles. The zero-order valence-electron chi connectivity index (χ0n) is 15.5. The second kappa shape index (κ2) is 8.39. The second-order valence-electron chi connectivity index (χ2n) is 6.65. The Labute approximate surface area is 161 Å². The van der Waals surface area contributed by atoms with Gasteiger partial charge in [0.2, 0.25) is 11.8 Å². The molecule has 150 valence electrons. The number of anilines is 1. The number of piperazine rings is 1. The van der Waals surface area contributed by atoms with Gasteiger partial charge in [0.1, 0.15) is 18.5 Å². The third-order valence-corrected chi connectivity index (χ3v) is 4.75. The molecule has 28 heavy (non-hydrogen) atoms. The maximum absolute atomic E-state index is 14.7. The molecule has 0 aliphatic carbocycles. The number of halogens is 1. The van der Waals surface area contributed by atoms with Crippen LogP contribution in [0.5, 0.6) is 0 Å². The number of nitrogens with zero attached hydrogens (tertiary/aromatic N) is 2. The summed E-state index contributed by atoms with van der Waals surface area (Å²) in [4.78, 5) is 37.9. The second-order valence-corrected chi connectivity index (χ2v) is 6.65. The molecule has 1 aromatic rings. The molecule has 0 spiro atoms. The highest BCUT2D eigenvalue weighted by Crippen LogP contribution is 2.28. The number of aliphatic hydroxyl groups is 1. The van der Waals surface area contributed by atoms with Crippen molar-refractivity contribution >= 4 is 29.0 Å². The van der Waals surface area contributed by atoms with E-state index in [1.165, 1.54) is 17.9 Å². The van der Waals surface area contributed by atoms with Crippen molar-refractivity contribution in [1.82, 2.24) is 10.2 Å². The number of benzene rings is 1. The number of cyclic esters (lactones) is 1. The lowest BCUT2D eigenvalue weighted by Crippen LogP contribution is -2.49. The fraction of sp³-hybridized carbons (Fsp3) is 0.421. The highest BCUT2D eigenvalue weighted by Gasteiger charge is 2.28. The molecule has 8 nitrogen and oxygen atoms in total. The van der Waals surface area contributed by atoms with E-state index in [1.54, 1.807) is 18.2 Å². The Morgan fingerprint density at radius 2 is 2.00 bits per heavy atom. The summed E-state index contributed by atoms with van der Waals surface area (Å²) < 4.78 is 19.9. The van der Waals surface area contributed by atoms with Gasteiger partial charge in [-0.1, -0.05) is 6.07 Å². The van der Waals surface area contributed by atoms with Crippen molar-refractivity contribution in [3.63, 3.8) is 0 Å². The minimum atomic E-state index is -0.578. The van der Waals surface area contributed by atoms with Gasteiger partial charge in [0, 0.05) is 33.1 Å². The van der Waals surface area contributed by atoms with Crippen LogP contribution in [0, 0.1) is 5.82 Å². The molecule has 2 amide bonds. The van der Waals surface area contributed by atoms with E-state index in [2.05, 4.69) is 5.32 Å². The summed E-state index contributed by atoms with van der Waals surface area (Å²) in [7, 11) is 0. The molecule has 1 aromatic carbocycles. The van der Waals surface area contributed by atoms with Gasteiger partial charge in [-0.05, 0) is 23.8 Å². The van der Waals surface area contributed by atoms with Gasteiger partial charge in [-0.3, -0.25) is 9.59 Å². The summed E-state index contributed by atoms with van der Waals surface area (Å²) in [6, 6.07) is 4.54. The van der Waals surface area contributed by atoms with Gasteiger partial charge >= 0.3 is 5.97 Å². The molecule has 2 N–H and O–H groups in total. The first-order valence-electron chi connectivity index (χ1n) is 8.99. The van der Waals surface area contributed by atoms with Crippen LogP contribution in [0.25, 0.3) is 5.57 Å². The zero-order valence-corrected chi connectivity index (χ0v) is 15.5. The lowest BCUT2D eigenvalue weighted by atomic mass is 10.0. The first-order chi connectivity index (χ1) is 13.4. The molecule has 0 radical (unpaired) electrons. The third-order valence-electron chi connectivity index (χ3n) is 4.75. The van der Waals surface area contributed by atoms with Crippen LogP contribution in [-0.2, 0) is 19.1 Å². The molecule has 1 saturated heterocycles. The highest BCUT2D eigenvalue weighted by atomic mass is 19.1. The van der Waals surface area contributed by atoms with Gasteiger partial charge < -0.3 is 25.0 Å². The van der Waals surface area contributed by atoms with Crippen molar-refractivity contribution in [2.45, 2.75) is 13.0 Å². The molecule has 2 heterocycles. The summed E-state index contributed by atoms with van der Waals surface area (Å²) in [5, 5.41) is 11.5. The average Bonchev–Trinajstić information content (AvgIpc) is 3.06. The number of ether oxygens (including phenoxy) is 1. The molecule has 1 fully saturated rings. The van der Waals surface area contributed by atoms with Crippen molar-refractivity contribution in [1.29, 1.82) is 0 Å². The minimum absolute atomic E-state index is 0.169. The van der Waals surface area contributed by atoms with E-state index < -0.39 is 24.5 Å². The summed E-state index contributed by atoms with van der Waals surface area (Å²) >= 11 is 0. The van der Waals surface area contributed by atoms with Crippen molar-refractivity contribution in [3.05, 3.63) is 35.7 Å². The number of nitrogens with one attached hydrogen (secondary N) is 1. The summed E-state index contributed by atoms with van der Waals surface area (Å²) in [6.07, 6.45) is 0.998. The topological polar surface area (TPSA) is 99.2 Å². The Bertz CT molecular complexity index is 818. The summed E-state index contributed by atoms with van der Waals surface area (Å²) in [6.45, 7) is 2.72. The molecular formula is C19H22FN3O5. The quantitative estimate of drug-likeness (QED) is 0.681. The van der Waals surface area contributed by atoms with Crippen LogP contribution >= 0.6 is 0 Å². The van der Waals surface area contributed by atoms with Gasteiger partial charge in [-0.15, -0.1) is 0 Å². The monoisotopic (exact) mass is 391 g/mol. The Morgan fingerprint density at radius 1 is 1.29 bits per heavy atom. The number of amides is 2. The van der Waals surface area contributed by atoms with E-state index >= 15 is 0 Å². The Balaban J connectivity index is 1.69. The van der Waals surface area contributed by atoms with Crippen LogP contribution in [0.15, 0.2) is 24.3 Å². The fourth-order valence-corrected chi connectivity index (χ4v) is 3.28. The van der Waals surface area contributed by atoms with Gasteiger partial charge in [-0.25, -0.2) is 9.18 Å². The number of carbonyl (C=O) groups is 3. The Hall–Kier alpha value is -2.94.